The fraction of sp³-hybridized carbons (Fsp3) is 0.167. The van der Waals surface area contributed by atoms with Gasteiger partial charge in [-0.25, -0.2) is 0 Å². The molecule has 0 unspecified atom stereocenters. The minimum Gasteiger partial charge on any atom is -0.361 e. The van der Waals surface area contributed by atoms with Crippen LogP contribution in [0.3, 0.4) is 0 Å². The van der Waals surface area contributed by atoms with E-state index in [9.17, 15) is 4.79 Å². The molecule has 1 amide bonds. The van der Waals surface area contributed by atoms with Crippen LogP contribution in [0.1, 0.15) is 24.1 Å². The van der Waals surface area contributed by atoms with Gasteiger partial charge in [0.15, 0.2) is 0 Å². The van der Waals surface area contributed by atoms with E-state index < -0.39 is 0 Å². The van der Waals surface area contributed by atoms with Crippen LogP contribution in [0.5, 0.6) is 0 Å². The Hall–Kier alpha value is -2.26. The van der Waals surface area contributed by atoms with Crippen LogP contribution in [-0.2, 0) is 11.2 Å². The van der Waals surface area contributed by atoms with Gasteiger partial charge in [-0.2, -0.15) is 0 Å². The smallest absolute Gasteiger partial charge is 0.224 e. The zero-order valence-electron chi connectivity index (χ0n) is 12.3. The molecule has 3 aromatic rings. The molecule has 0 aliphatic carbocycles. The van der Waals surface area contributed by atoms with E-state index in [0.29, 0.717) is 11.4 Å². The van der Waals surface area contributed by atoms with Crippen molar-refractivity contribution < 1.29 is 4.79 Å². The number of rotatable bonds is 4. The number of carbonyl (C=O) groups excluding carboxylic acids is 1. The van der Waals surface area contributed by atoms with Gasteiger partial charge in [-0.3, -0.25) is 4.79 Å². The summed E-state index contributed by atoms with van der Waals surface area (Å²) in [7, 11) is 0. The molecule has 0 radical (unpaired) electrons. The molecule has 22 heavy (non-hydrogen) atoms. The van der Waals surface area contributed by atoms with Gasteiger partial charge in [-0.05, 0) is 36.2 Å². The van der Waals surface area contributed by atoms with Crippen molar-refractivity contribution in [3.05, 3.63) is 70.9 Å². The molecule has 1 aromatic heterocycles. The summed E-state index contributed by atoms with van der Waals surface area (Å²) < 4.78 is 0. The van der Waals surface area contributed by atoms with E-state index in [4.69, 9.17) is 11.6 Å². The van der Waals surface area contributed by atoms with Crippen molar-refractivity contribution >= 4 is 28.4 Å². The molecule has 0 saturated heterocycles. The van der Waals surface area contributed by atoms with Crippen LogP contribution < -0.4 is 5.32 Å². The summed E-state index contributed by atoms with van der Waals surface area (Å²) in [6.45, 7) is 1.96. The predicted octanol–water partition coefficient (Wildman–Crippen LogP) is 4.24. The second-order valence-corrected chi connectivity index (χ2v) is 5.82. The van der Waals surface area contributed by atoms with Crippen LogP contribution >= 0.6 is 11.6 Å². The van der Waals surface area contributed by atoms with Gasteiger partial charge in [-0.1, -0.05) is 41.9 Å². The van der Waals surface area contributed by atoms with E-state index in [-0.39, 0.29) is 11.9 Å². The van der Waals surface area contributed by atoms with Gasteiger partial charge in [0.1, 0.15) is 0 Å². The number of aromatic amines is 1. The highest BCUT2D eigenvalue weighted by molar-refractivity contribution is 6.30. The number of benzene rings is 2. The maximum absolute atomic E-state index is 12.3. The predicted molar refractivity (Wildman–Crippen MR) is 90.0 cm³/mol. The average molecular weight is 313 g/mol. The molecule has 0 fully saturated rings. The van der Waals surface area contributed by atoms with Gasteiger partial charge < -0.3 is 10.3 Å². The topological polar surface area (TPSA) is 44.9 Å². The Labute approximate surface area is 134 Å². The number of carbonyl (C=O) groups is 1. The minimum absolute atomic E-state index is 0.00257. The molecular formula is C18H17ClN2O. The summed E-state index contributed by atoms with van der Waals surface area (Å²) >= 11 is 5.99. The molecule has 4 heteroatoms. The summed E-state index contributed by atoms with van der Waals surface area (Å²) in [5.74, 6) is -0.00257. The number of hydrogen-bond acceptors (Lipinski definition) is 1. The molecule has 0 aliphatic rings. The third kappa shape index (κ3) is 3.15. The van der Waals surface area contributed by atoms with Gasteiger partial charge in [-0.15, -0.1) is 0 Å². The third-order valence-electron chi connectivity index (χ3n) is 3.75. The fourth-order valence-electron chi connectivity index (χ4n) is 2.60. The van der Waals surface area contributed by atoms with Crippen molar-refractivity contribution in [3.63, 3.8) is 0 Å². The molecule has 0 saturated carbocycles. The molecule has 112 valence electrons. The highest BCUT2D eigenvalue weighted by atomic mass is 35.5. The van der Waals surface area contributed by atoms with Crippen molar-refractivity contribution in [3.8, 4) is 0 Å². The van der Waals surface area contributed by atoms with E-state index in [1.807, 2.05) is 61.7 Å². The molecular weight excluding hydrogens is 296 g/mol. The Kier molecular flexibility index (Phi) is 4.16. The van der Waals surface area contributed by atoms with Gasteiger partial charge in [0.25, 0.3) is 0 Å². The molecule has 3 rings (SSSR count). The van der Waals surface area contributed by atoms with Gasteiger partial charge in [0, 0.05) is 22.1 Å². The Morgan fingerprint density at radius 1 is 1.23 bits per heavy atom. The lowest BCUT2D eigenvalue weighted by Crippen LogP contribution is -2.28. The molecule has 2 N–H and O–H groups in total. The lowest BCUT2D eigenvalue weighted by atomic mass is 10.1. The summed E-state index contributed by atoms with van der Waals surface area (Å²) in [6.07, 6.45) is 2.25. The molecule has 0 bridgehead atoms. The van der Waals surface area contributed by atoms with Crippen LogP contribution in [0.2, 0.25) is 5.02 Å². The number of nitrogens with one attached hydrogen (secondary N) is 2. The number of halogens is 1. The monoisotopic (exact) mass is 312 g/mol. The second-order valence-electron chi connectivity index (χ2n) is 5.38. The van der Waals surface area contributed by atoms with Crippen LogP contribution in [0, 0.1) is 0 Å². The lowest BCUT2D eigenvalue weighted by Gasteiger charge is -2.14. The Morgan fingerprint density at radius 3 is 2.86 bits per heavy atom. The molecule has 2 aromatic carbocycles. The number of fused-ring (bicyclic) bond motifs is 1. The first-order valence-electron chi connectivity index (χ1n) is 7.23. The Bertz CT molecular complexity index is 809. The largest absolute Gasteiger partial charge is 0.361 e. The van der Waals surface area contributed by atoms with Crippen LogP contribution in [0.25, 0.3) is 10.9 Å². The van der Waals surface area contributed by atoms with Crippen molar-refractivity contribution in [2.75, 3.05) is 0 Å². The standard InChI is InChI=1S/C18H17ClN2O/c1-12(13-5-4-6-15(19)9-13)21-18(22)10-14-11-20-17-8-3-2-7-16(14)17/h2-9,11-12,20H,10H2,1H3,(H,21,22)/t12-/m1/s1. The van der Waals surface area contributed by atoms with E-state index in [0.717, 1.165) is 22.0 Å². The van der Waals surface area contributed by atoms with Crippen molar-refractivity contribution in [1.29, 1.82) is 0 Å². The first kappa shape index (κ1) is 14.7. The second kappa shape index (κ2) is 6.24. The highest BCUT2D eigenvalue weighted by Gasteiger charge is 2.12. The number of para-hydroxylation sites is 1. The number of H-pyrrole nitrogens is 1. The highest BCUT2D eigenvalue weighted by Crippen LogP contribution is 2.20. The fourth-order valence-corrected chi connectivity index (χ4v) is 2.80. The summed E-state index contributed by atoms with van der Waals surface area (Å²) in [4.78, 5) is 15.5. The zero-order valence-corrected chi connectivity index (χ0v) is 13.0. The van der Waals surface area contributed by atoms with E-state index in [1.165, 1.54) is 0 Å². The zero-order chi connectivity index (χ0) is 15.5. The lowest BCUT2D eigenvalue weighted by molar-refractivity contribution is -0.121. The Balaban J connectivity index is 1.70. The summed E-state index contributed by atoms with van der Waals surface area (Å²) in [5, 5.41) is 4.78. The normalized spacial score (nSPS) is 12.3. The average Bonchev–Trinajstić information content (AvgIpc) is 2.90. The SMILES string of the molecule is C[C@@H](NC(=O)Cc1c[nH]c2ccccc12)c1cccc(Cl)c1. The van der Waals surface area contributed by atoms with Crippen molar-refractivity contribution in [2.24, 2.45) is 0 Å². The summed E-state index contributed by atoms with van der Waals surface area (Å²) in [6, 6.07) is 15.5. The maximum Gasteiger partial charge on any atom is 0.224 e. The number of aromatic nitrogens is 1. The van der Waals surface area contributed by atoms with E-state index >= 15 is 0 Å². The minimum atomic E-state index is -0.0728. The molecule has 0 aliphatic heterocycles. The van der Waals surface area contributed by atoms with Gasteiger partial charge in [0.2, 0.25) is 5.91 Å². The molecule has 1 atom stereocenters. The molecule has 3 nitrogen and oxygen atoms in total. The Morgan fingerprint density at radius 2 is 2.05 bits per heavy atom. The summed E-state index contributed by atoms with van der Waals surface area (Å²) in [5.41, 5.74) is 3.05. The number of hydrogen-bond donors (Lipinski definition) is 2. The first-order chi connectivity index (χ1) is 10.6. The third-order valence-corrected chi connectivity index (χ3v) is 3.99. The number of amides is 1. The van der Waals surface area contributed by atoms with Gasteiger partial charge >= 0.3 is 0 Å². The van der Waals surface area contributed by atoms with E-state index in [1.54, 1.807) is 0 Å². The van der Waals surface area contributed by atoms with Crippen molar-refractivity contribution in [2.45, 2.75) is 19.4 Å². The quantitative estimate of drug-likeness (QED) is 0.743. The van der Waals surface area contributed by atoms with E-state index in [2.05, 4.69) is 10.3 Å². The van der Waals surface area contributed by atoms with Crippen LogP contribution in [0.4, 0.5) is 0 Å². The van der Waals surface area contributed by atoms with Gasteiger partial charge in [0.05, 0.1) is 12.5 Å². The molecule has 1 heterocycles. The first-order valence-corrected chi connectivity index (χ1v) is 7.61. The van der Waals surface area contributed by atoms with Crippen LogP contribution in [0.15, 0.2) is 54.7 Å². The maximum atomic E-state index is 12.3. The molecule has 0 spiro atoms. The van der Waals surface area contributed by atoms with Crippen LogP contribution in [-0.4, -0.2) is 10.9 Å². The van der Waals surface area contributed by atoms with Crippen molar-refractivity contribution in [1.82, 2.24) is 10.3 Å².